The van der Waals surface area contributed by atoms with E-state index in [2.05, 4.69) is 39.4 Å². The smallest absolute Gasteiger partial charge is 0.163 e. The topological polar surface area (TPSA) is 58.9 Å². The summed E-state index contributed by atoms with van der Waals surface area (Å²) in [6.07, 6.45) is 4.42. The van der Waals surface area contributed by atoms with E-state index in [-0.39, 0.29) is 12.4 Å². The molecule has 2 aromatic heterocycles. The Hall–Kier alpha value is -1.89. The lowest BCUT2D eigenvalue weighted by molar-refractivity contribution is 0.405. The highest BCUT2D eigenvalue weighted by molar-refractivity contribution is 6.31. The second-order valence-electron chi connectivity index (χ2n) is 5.94. The summed E-state index contributed by atoms with van der Waals surface area (Å²) in [4.78, 5) is 10.9. The van der Waals surface area contributed by atoms with Gasteiger partial charge in [-0.1, -0.05) is 29.8 Å². The molecule has 134 valence electrons. The van der Waals surface area contributed by atoms with Gasteiger partial charge in [0.15, 0.2) is 5.65 Å². The monoisotopic (exact) mass is 380 g/mol. The number of rotatable bonds is 7. The van der Waals surface area contributed by atoms with E-state index in [4.69, 9.17) is 11.6 Å². The standard InChI is InChI=1S/C17H21ClN6.ClH/c1-23(2)9-5-8-19-16-14-10-22-24(17(14)21-12-20-16)11-13-6-3-4-7-15(13)18;/h3-4,6-7,10,12H,5,8-9,11H2,1-2H3,(H,19,20,21);1H. The SMILES string of the molecule is CN(C)CCCNc1ncnc2c1cnn2Cc1ccccc1Cl.Cl. The van der Waals surface area contributed by atoms with Gasteiger partial charge in [0, 0.05) is 11.6 Å². The van der Waals surface area contributed by atoms with E-state index in [9.17, 15) is 0 Å². The van der Waals surface area contributed by atoms with Crippen LogP contribution >= 0.6 is 24.0 Å². The van der Waals surface area contributed by atoms with E-state index in [0.29, 0.717) is 6.54 Å². The Morgan fingerprint density at radius 2 is 2.00 bits per heavy atom. The van der Waals surface area contributed by atoms with Crippen LogP contribution in [0, 0.1) is 0 Å². The Labute approximate surface area is 158 Å². The Kier molecular flexibility index (Phi) is 6.99. The van der Waals surface area contributed by atoms with Crippen molar-refractivity contribution in [1.29, 1.82) is 0 Å². The molecule has 1 aromatic carbocycles. The molecule has 0 fully saturated rings. The van der Waals surface area contributed by atoms with Crippen LogP contribution in [-0.4, -0.2) is 51.8 Å². The number of hydrogen-bond donors (Lipinski definition) is 1. The summed E-state index contributed by atoms with van der Waals surface area (Å²) in [5, 5.41) is 9.49. The number of hydrogen-bond acceptors (Lipinski definition) is 5. The predicted octanol–water partition coefficient (Wildman–Crippen LogP) is 3.31. The Bertz CT molecular complexity index is 818. The highest BCUT2D eigenvalue weighted by Gasteiger charge is 2.11. The van der Waals surface area contributed by atoms with E-state index in [0.717, 1.165) is 46.9 Å². The molecule has 0 atom stereocenters. The minimum absolute atomic E-state index is 0. The summed E-state index contributed by atoms with van der Waals surface area (Å²) in [6, 6.07) is 7.78. The molecular formula is C17H22Cl2N6. The first kappa shape index (κ1) is 19.4. The molecule has 3 aromatic rings. The first-order valence-corrected chi connectivity index (χ1v) is 8.31. The summed E-state index contributed by atoms with van der Waals surface area (Å²) >= 11 is 6.24. The van der Waals surface area contributed by atoms with Crippen LogP contribution in [0.3, 0.4) is 0 Å². The van der Waals surface area contributed by atoms with Gasteiger partial charge >= 0.3 is 0 Å². The van der Waals surface area contributed by atoms with Gasteiger partial charge in [-0.15, -0.1) is 12.4 Å². The zero-order chi connectivity index (χ0) is 16.9. The number of anilines is 1. The summed E-state index contributed by atoms with van der Waals surface area (Å²) in [5.41, 5.74) is 1.82. The first-order chi connectivity index (χ1) is 11.6. The van der Waals surface area contributed by atoms with Gasteiger partial charge in [0.25, 0.3) is 0 Å². The van der Waals surface area contributed by atoms with Crippen molar-refractivity contribution in [2.45, 2.75) is 13.0 Å². The maximum atomic E-state index is 6.24. The van der Waals surface area contributed by atoms with Gasteiger partial charge in [0.2, 0.25) is 0 Å². The quantitative estimate of drug-likeness (QED) is 0.637. The molecule has 0 saturated heterocycles. The maximum Gasteiger partial charge on any atom is 0.163 e. The number of benzene rings is 1. The third-order valence-corrected chi connectivity index (χ3v) is 4.15. The van der Waals surface area contributed by atoms with Crippen LogP contribution in [0.5, 0.6) is 0 Å². The van der Waals surface area contributed by atoms with Gasteiger partial charge in [0.1, 0.15) is 12.1 Å². The van der Waals surface area contributed by atoms with Crippen LogP contribution < -0.4 is 5.32 Å². The fraction of sp³-hybridized carbons (Fsp3) is 0.353. The van der Waals surface area contributed by atoms with E-state index < -0.39 is 0 Å². The van der Waals surface area contributed by atoms with Crippen LogP contribution in [0.4, 0.5) is 5.82 Å². The van der Waals surface area contributed by atoms with Gasteiger partial charge in [-0.25, -0.2) is 14.6 Å². The highest BCUT2D eigenvalue weighted by Crippen LogP contribution is 2.21. The van der Waals surface area contributed by atoms with Crippen LogP contribution in [-0.2, 0) is 6.54 Å². The Morgan fingerprint density at radius 3 is 2.76 bits per heavy atom. The summed E-state index contributed by atoms with van der Waals surface area (Å²) in [5.74, 6) is 0.823. The molecule has 0 amide bonds. The summed E-state index contributed by atoms with van der Waals surface area (Å²) in [7, 11) is 4.14. The minimum atomic E-state index is 0. The van der Waals surface area contributed by atoms with Crippen LogP contribution in [0.25, 0.3) is 11.0 Å². The second kappa shape index (κ2) is 8.99. The number of nitrogens with zero attached hydrogens (tertiary/aromatic N) is 5. The highest BCUT2D eigenvalue weighted by atomic mass is 35.5. The number of nitrogens with one attached hydrogen (secondary N) is 1. The average Bonchev–Trinajstić information content (AvgIpc) is 2.97. The molecule has 0 bridgehead atoms. The van der Waals surface area contributed by atoms with Gasteiger partial charge in [-0.2, -0.15) is 5.10 Å². The number of fused-ring (bicyclic) bond motifs is 1. The van der Waals surface area contributed by atoms with E-state index in [1.807, 2.05) is 28.9 Å². The normalized spacial score (nSPS) is 10.9. The minimum Gasteiger partial charge on any atom is -0.369 e. The molecule has 0 saturated carbocycles. The molecular weight excluding hydrogens is 359 g/mol. The van der Waals surface area contributed by atoms with Gasteiger partial charge in [0.05, 0.1) is 18.1 Å². The van der Waals surface area contributed by atoms with Gasteiger partial charge < -0.3 is 10.2 Å². The van der Waals surface area contributed by atoms with Crippen molar-refractivity contribution in [2.24, 2.45) is 0 Å². The van der Waals surface area contributed by atoms with Crippen LogP contribution in [0.1, 0.15) is 12.0 Å². The molecule has 1 N–H and O–H groups in total. The molecule has 0 radical (unpaired) electrons. The molecule has 0 aliphatic rings. The molecule has 3 rings (SSSR count). The third kappa shape index (κ3) is 4.81. The fourth-order valence-corrected chi connectivity index (χ4v) is 2.74. The zero-order valence-electron chi connectivity index (χ0n) is 14.3. The van der Waals surface area contributed by atoms with Crippen LogP contribution in [0.15, 0.2) is 36.8 Å². The van der Waals surface area contributed by atoms with E-state index in [1.54, 1.807) is 12.5 Å². The molecule has 25 heavy (non-hydrogen) atoms. The third-order valence-electron chi connectivity index (χ3n) is 3.79. The molecule has 0 aliphatic carbocycles. The molecule has 0 spiro atoms. The van der Waals surface area contributed by atoms with Crippen molar-refractivity contribution < 1.29 is 0 Å². The Morgan fingerprint density at radius 1 is 1.20 bits per heavy atom. The average molecular weight is 381 g/mol. The van der Waals surface area contributed by atoms with Crippen molar-refractivity contribution in [1.82, 2.24) is 24.6 Å². The first-order valence-electron chi connectivity index (χ1n) is 7.93. The van der Waals surface area contributed by atoms with Crippen molar-refractivity contribution in [3.8, 4) is 0 Å². The van der Waals surface area contributed by atoms with Crippen molar-refractivity contribution in [2.75, 3.05) is 32.5 Å². The summed E-state index contributed by atoms with van der Waals surface area (Å²) < 4.78 is 1.85. The molecule has 2 heterocycles. The van der Waals surface area contributed by atoms with Gasteiger partial charge in [-0.05, 0) is 38.7 Å². The number of halogens is 2. The summed E-state index contributed by atoms with van der Waals surface area (Å²) in [6.45, 7) is 2.48. The van der Waals surface area contributed by atoms with E-state index in [1.165, 1.54) is 0 Å². The fourth-order valence-electron chi connectivity index (χ4n) is 2.54. The van der Waals surface area contributed by atoms with E-state index >= 15 is 0 Å². The predicted molar refractivity (Wildman–Crippen MR) is 105 cm³/mol. The lowest BCUT2D eigenvalue weighted by Crippen LogP contribution is -2.16. The molecule has 0 unspecified atom stereocenters. The lowest BCUT2D eigenvalue weighted by Gasteiger charge is -2.10. The largest absolute Gasteiger partial charge is 0.369 e. The van der Waals surface area contributed by atoms with Crippen LogP contribution in [0.2, 0.25) is 5.02 Å². The lowest BCUT2D eigenvalue weighted by atomic mass is 10.2. The molecule has 0 aliphatic heterocycles. The van der Waals surface area contributed by atoms with Crippen molar-refractivity contribution in [3.05, 3.63) is 47.4 Å². The van der Waals surface area contributed by atoms with Crippen molar-refractivity contribution >= 4 is 40.9 Å². The molecule has 8 heteroatoms. The Balaban J connectivity index is 0.00000225. The molecule has 6 nitrogen and oxygen atoms in total. The maximum absolute atomic E-state index is 6.24. The second-order valence-corrected chi connectivity index (χ2v) is 6.34. The zero-order valence-corrected chi connectivity index (χ0v) is 15.9. The van der Waals surface area contributed by atoms with Gasteiger partial charge in [-0.3, -0.25) is 0 Å². The number of aromatic nitrogens is 4. The van der Waals surface area contributed by atoms with Crippen molar-refractivity contribution in [3.63, 3.8) is 0 Å².